The third-order valence-electron chi connectivity index (χ3n) is 8.58. The van der Waals surface area contributed by atoms with Crippen molar-refractivity contribution in [1.29, 1.82) is 0 Å². The van der Waals surface area contributed by atoms with Crippen molar-refractivity contribution in [3.8, 4) is 17.1 Å². The number of hydrogen-bond acceptors (Lipinski definition) is 6. The van der Waals surface area contributed by atoms with E-state index in [0.717, 1.165) is 12.8 Å². The van der Waals surface area contributed by atoms with E-state index in [1.807, 2.05) is 4.90 Å². The molecule has 3 fully saturated rings. The second-order valence-corrected chi connectivity index (χ2v) is 11.2. The molecular formula is C28H33F4N5O3. The number of likely N-dealkylation sites (tertiary alicyclic amines) is 2. The SMILES string of the molecule is NC(=O)[C@@H]1CCCN1C(=O)c1ccc(-c2cnc(OCC3CCN(CC4(C(F)(F)F)CCC4)CC3)cn2)cc1F. The molecule has 5 rings (SSSR count). The Morgan fingerprint density at radius 2 is 1.80 bits per heavy atom. The Morgan fingerprint density at radius 1 is 1.05 bits per heavy atom. The van der Waals surface area contributed by atoms with Crippen molar-refractivity contribution >= 4 is 11.8 Å². The highest BCUT2D eigenvalue weighted by Gasteiger charge is 2.58. The van der Waals surface area contributed by atoms with Gasteiger partial charge < -0.3 is 20.3 Å². The van der Waals surface area contributed by atoms with Gasteiger partial charge in [-0.2, -0.15) is 13.2 Å². The van der Waals surface area contributed by atoms with E-state index >= 15 is 0 Å². The zero-order valence-corrected chi connectivity index (χ0v) is 22.1. The van der Waals surface area contributed by atoms with Crippen LogP contribution in [0.25, 0.3) is 11.3 Å². The molecule has 8 nitrogen and oxygen atoms in total. The van der Waals surface area contributed by atoms with Crippen molar-refractivity contribution in [2.24, 2.45) is 17.1 Å². The molecule has 1 saturated carbocycles. The molecule has 1 aromatic heterocycles. The number of rotatable bonds is 8. The summed E-state index contributed by atoms with van der Waals surface area (Å²) in [7, 11) is 0. The smallest absolute Gasteiger partial charge is 0.395 e. The van der Waals surface area contributed by atoms with Gasteiger partial charge in [0.05, 0.1) is 35.7 Å². The summed E-state index contributed by atoms with van der Waals surface area (Å²) < 4.78 is 61.1. The van der Waals surface area contributed by atoms with Crippen LogP contribution < -0.4 is 10.5 Å². The molecule has 40 heavy (non-hydrogen) atoms. The van der Waals surface area contributed by atoms with Gasteiger partial charge in [0.25, 0.3) is 5.91 Å². The molecule has 2 amide bonds. The molecule has 0 bridgehead atoms. The van der Waals surface area contributed by atoms with Crippen LogP contribution in [-0.4, -0.2) is 76.6 Å². The molecule has 2 aromatic rings. The summed E-state index contributed by atoms with van der Waals surface area (Å²) in [6.07, 6.45) is 2.42. The molecule has 3 heterocycles. The van der Waals surface area contributed by atoms with Gasteiger partial charge in [0.1, 0.15) is 11.9 Å². The number of aromatic nitrogens is 2. The first-order chi connectivity index (χ1) is 19.1. The lowest BCUT2D eigenvalue weighted by Gasteiger charge is -2.47. The Morgan fingerprint density at radius 3 is 2.38 bits per heavy atom. The number of alkyl halides is 3. The molecule has 216 valence electrons. The highest BCUT2D eigenvalue weighted by atomic mass is 19.4. The van der Waals surface area contributed by atoms with Crippen LogP contribution in [-0.2, 0) is 4.79 Å². The summed E-state index contributed by atoms with van der Waals surface area (Å²) in [6.45, 7) is 2.04. The number of primary amides is 1. The molecule has 0 radical (unpaired) electrons. The fourth-order valence-corrected chi connectivity index (χ4v) is 5.93. The first-order valence-electron chi connectivity index (χ1n) is 13.7. The molecule has 2 saturated heterocycles. The van der Waals surface area contributed by atoms with Crippen LogP contribution in [0.4, 0.5) is 17.6 Å². The van der Waals surface area contributed by atoms with Crippen LogP contribution in [0.15, 0.2) is 30.6 Å². The van der Waals surface area contributed by atoms with Gasteiger partial charge in [-0.15, -0.1) is 0 Å². The predicted molar refractivity (Wildman–Crippen MR) is 138 cm³/mol. The van der Waals surface area contributed by atoms with Gasteiger partial charge in [0.2, 0.25) is 11.8 Å². The first-order valence-corrected chi connectivity index (χ1v) is 13.7. The van der Waals surface area contributed by atoms with E-state index in [-0.39, 0.29) is 30.9 Å². The summed E-state index contributed by atoms with van der Waals surface area (Å²) >= 11 is 0. The fraction of sp³-hybridized carbons (Fsp3) is 0.571. The van der Waals surface area contributed by atoms with E-state index in [1.54, 1.807) is 6.07 Å². The van der Waals surface area contributed by atoms with Gasteiger partial charge in [0, 0.05) is 18.7 Å². The lowest BCUT2D eigenvalue weighted by atomic mass is 9.67. The Bertz CT molecular complexity index is 1230. The van der Waals surface area contributed by atoms with Crippen molar-refractivity contribution < 1.29 is 31.9 Å². The molecule has 2 N–H and O–H groups in total. The third-order valence-corrected chi connectivity index (χ3v) is 8.58. The molecule has 1 aliphatic carbocycles. The zero-order chi connectivity index (χ0) is 28.5. The molecule has 0 spiro atoms. The maximum Gasteiger partial charge on any atom is 0.395 e. The Labute approximate surface area is 229 Å². The standard InChI is InChI=1S/C28H33F4N5O3/c29-21-13-19(4-5-20(21)26(39)37-10-1-3-23(37)25(33)38)22-14-35-24(15-34-22)40-16-18-6-11-36(12-7-18)17-27(8-2-9-27)28(30,31)32/h4-5,13-15,18,23H,1-3,6-12,16-17H2,(H2,33,38)/t23-/m0/s1. The van der Waals surface area contributed by atoms with Crippen molar-refractivity contribution in [3.63, 3.8) is 0 Å². The second kappa shape index (κ2) is 11.3. The zero-order valence-electron chi connectivity index (χ0n) is 22.1. The Hall–Kier alpha value is -3.28. The van der Waals surface area contributed by atoms with Crippen molar-refractivity contribution in [1.82, 2.24) is 19.8 Å². The number of nitrogens with zero attached hydrogens (tertiary/aromatic N) is 4. The summed E-state index contributed by atoms with van der Waals surface area (Å²) in [6, 6.07) is 3.40. The normalized spacial score (nSPS) is 21.7. The van der Waals surface area contributed by atoms with E-state index in [2.05, 4.69) is 9.97 Å². The summed E-state index contributed by atoms with van der Waals surface area (Å²) in [4.78, 5) is 36.2. The number of benzene rings is 1. The highest BCUT2D eigenvalue weighted by Crippen LogP contribution is 2.53. The van der Waals surface area contributed by atoms with Gasteiger partial charge in [-0.05, 0) is 69.7 Å². The van der Waals surface area contributed by atoms with Crippen molar-refractivity contribution in [3.05, 3.63) is 42.0 Å². The van der Waals surface area contributed by atoms with E-state index in [0.29, 0.717) is 62.6 Å². The van der Waals surface area contributed by atoms with Crippen molar-refractivity contribution in [2.45, 2.75) is 57.2 Å². The van der Waals surface area contributed by atoms with Crippen LogP contribution in [0, 0.1) is 17.2 Å². The Kier molecular flexibility index (Phi) is 7.98. The fourth-order valence-electron chi connectivity index (χ4n) is 5.93. The van der Waals surface area contributed by atoms with E-state index in [4.69, 9.17) is 10.5 Å². The van der Waals surface area contributed by atoms with Crippen LogP contribution in [0.5, 0.6) is 5.88 Å². The maximum absolute atomic E-state index is 14.9. The summed E-state index contributed by atoms with van der Waals surface area (Å²) in [5.41, 5.74) is 4.52. The molecule has 1 atom stereocenters. The monoisotopic (exact) mass is 563 g/mol. The van der Waals surface area contributed by atoms with Crippen molar-refractivity contribution in [2.75, 3.05) is 32.8 Å². The highest BCUT2D eigenvalue weighted by molar-refractivity contribution is 5.98. The van der Waals surface area contributed by atoms with Gasteiger partial charge in [0.15, 0.2) is 0 Å². The minimum atomic E-state index is -4.15. The second-order valence-electron chi connectivity index (χ2n) is 11.2. The van der Waals surface area contributed by atoms with E-state index in [1.165, 1.54) is 29.4 Å². The maximum atomic E-state index is 14.9. The van der Waals surface area contributed by atoms with E-state index < -0.39 is 35.3 Å². The lowest BCUT2D eigenvalue weighted by Crippen LogP contribution is -2.53. The van der Waals surface area contributed by atoms with Gasteiger partial charge in [-0.25, -0.2) is 14.4 Å². The minimum absolute atomic E-state index is 0.0822. The minimum Gasteiger partial charge on any atom is -0.476 e. The number of amides is 2. The van der Waals surface area contributed by atoms with E-state index in [9.17, 15) is 27.2 Å². The number of nitrogens with two attached hydrogens (primary N) is 1. The number of ether oxygens (including phenoxy) is 1. The number of carbonyl (C=O) groups excluding carboxylic acids is 2. The average Bonchev–Trinajstić information content (AvgIpc) is 3.40. The van der Waals surface area contributed by atoms with Crippen LogP contribution in [0.1, 0.15) is 55.3 Å². The molecule has 12 heteroatoms. The predicted octanol–water partition coefficient (Wildman–Crippen LogP) is 4.20. The lowest BCUT2D eigenvalue weighted by molar-refractivity contribution is -0.256. The van der Waals surface area contributed by atoms with Gasteiger partial charge in [-0.1, -0.05) is 12.5 Å². The topological polar surface area (TPSA) is 102 Å². The summed E-state index contributed by atoms with van der Waals surface area (Å²) in [5.74, 6) is -1.40. The number of hydrogen-bond donors (Lipinski definition) is 1. The Balaban J connectivity index is 1.12. The quantitative estimate of drug-likeness (QED) is 0.484. The average molecular weight is 564 g/mol. The van der Waals surface area contributed by atoms with Gasteiger partial charge >= 0.3 is 6.18 Å². The number of halogens is 4. The number of piperidine rings is 1. The van der Waals surface area contributed by atoms with Crippen LogP contribution in [0.3, 0.4) is 0 Å². The van der Waals surface area contributed by atoms with Crippen LogP contribution >= 0.6 is 0 Å². The molecule has 3 aliphatic rings. The summed E-state index contributed by atoms with van der Waals surface area (Å²) in [5, 5.41) is 0. The first kappa shape index (κ1) is 28.3. The molecule has 0 unspecified atom stereocenters. The largest absolute Gasteiger partial charge is 0.476 e. The molecular weight excluding hydrogens is 530 g/mol. The van der Waals surface area contributed by atoms with Crippen LogP contribution in [0.2, 0.25) is 0 Å². The molecule has 1 aromatic carbocycles. The third kappa shape index (κ3) is 5.77. The number of carbonyl (C=O) groups is 2. The molecule has 2 aliphatic heterocycles. The van der Waals surface area contributed by atoms with Gasteiger partial charge in [-0.3, -0.25) is 9.59 Å².